The number of halogens is 2. The van der Waals surface area contributed by atoms with Gasteiger partial charge in [0.2, 0.25) is 5.91 Å². The zero-order valence-electron chi connectivity index (χ0n) is 16.3. The van der Waals surface area contributed by atoms with Crippen LogP contribution in [0, 0.1) is 11.7 Å². The summed E-state index contributed by atoms with van der Waals surface area (Å²) < 4.78 is 18.7. The van der Waals surface area contributed by atoms with Crippen LogP contribution in [0.2, 0.25) is 0 Å². The number of rotatable bonds is 6. The second kappa shape index (κ2) is 10.4. The molecular weight excluding hydrogens is 379 g/mol. The average molecular weight is 407 g/mol. The number of benzene rings is 2. The Labute approximate surface area is 172 Å². The smallest absolute Gasteiger partial charge is 0.223 e. The lowest BCUT2D eigenvalue weighted by atomic mass is 9.92. The van der Waals surface area contributed by atoms with Crippen molar-refractivity contribution >= 4 is 18.3 Å². The molecule has 1 heterocycles. The summed E-state index contributed by atoms with van der Waals surface area (Å²) in [6.45, 7) is 5.40. The Morgan fingerprint density at radius 1 is 1.21 bits per heavy atom. The van der Waals surface area contributed by atoms with Gasteiger partial charge in [-0.25, -0.2) is 4.39 Å². The van der Waals surface area contributed by atoms with Crippen molar-refractivity contribution in [3.63, 3.8) is 0 Å². The van der Waals surface area contributed by atoms with Crippen LogP contribution in [-0.2, 0) is 11.4 Å². The molecule has 0 bridgehead atoms. The van der Waals surface area contributed by atoms with Crippen molar-refractivity contribution in [3.8, 4) is 5.75 Å². The molecule has 152 valence electrons. The molecule has 6 heteroatoms. The Morgan fingerprint density at radius 3 is 2.54 bits per heavy atom. The molecule has 3 rings (SSSR count). The third kappa shape index (κ3) is 6.21. The number of carbonyl (C=O) groups is 1. The summed E-state index contributed by atoms with van der Waals surface area (Å²) in [6, 6.07) is 14.3. The van der Waals surface area contributed by atoms with Gasteiger partial charge in [-0.15, -0.1) is 12.4 Å². The molecule has 2 aromatic carbocycles. The van der Waals surface area contributed by atoms with E-state index in [0.29, 0.717) is 12.6 Å². The van der Waals surface area contributed by atoms with E-state index in [9.17, 15) is 9.18 Å². The summed E-state index contributed by atoms with van der Waals surface area (Å²) in [5.74, 6) is 0.710. The van der Waals surface area contributed by atoms with E-state index < -0.39 is 0 Å². The molecule has 1 unspecified atom stereocenters. The van der Waals surface area contributed by atoms with Gasteiger partial charge in [0.05, 0.1) is 6.04 Å². The van der Waals surface area contributed by atoms with Crippen molar-refractivity contribution < 1.29 is 13.9 Å². The number of amides is 1. The average Bonchev–Trinajstić information content (AvgIpc) is 2.68. The molecule has 4 nitrogen and oxygen atoms in total. The fourth-order valence-electron chi connectivity index (χ4n) is 3.38. The standard InChI is InChI=1S/C22H27FN2O2.ClH/c1-15-13-19(11-12-24-15)22(26)25-16(2)18-5-9-21(10-6-18)27-14-17-3-7-20(23)8-4-17;/h3-10,15-16,19,24H,11-14H2,1-2H3,(H,25,26);1H/t15-,16?,19-;/m0./s1. The molecule has 1 amide bonds. The quantitative estimate of drug-likeness (QED) is 0.747. The van der Waals surface area contributed by atoms with Crippen molar-refractivity contribution in [1.29, 1.82) is 0 Å². The number of piperidine rings is 1. The van der Waals surface area contributed by atoms with E-state index >= 15 is 0 Å². The van der Waals surface area contributed by atoms with Crippen LogP contribution >= 0.6 is 12.4 Å². The number of nitrogens with one attached hydrogen (secondary N) is 2. The third-order valence-corrected chi connectivity index (χ3v) is 5.05. The molecule has 1 saturated heterocycles. The van der Waals surface area contributed by atoms with Gasteiger partial charge in [-0.05, 0) is 68.6 Å². The fraction of sp³-hybridized carbons (Fsp3) is 0.409. The van der Waals surface area contributed by atoms with Gasteiger partial charge in [0.1, 0.15) is 18.2 Å². The first-order valence-electron chi connectivity index (χ1n) is 9.52. The SMILES string of the molecule is CC(NC(=O)[C@H]1CCN[C@@H](C)C1)c1ccc(OCc2ccc(F)cc2)cc1.Cl. The first kappa shape index (κ1) is 22.2. The zero-order valence-corrected chi connectivity index (χ0v) is 17.1. The maximum absolute atomic E-state index is 12.9. The molecule has 0 spiro atoms. The van der Waals surface area contributed by atoms with Crippen molar-refractivity contribution in [3.05, 3.63) is 65.5 Å². The van der Waals surface area contributed by atoms with Gasteiger partial charge in [0.25, 0.3) is 0 Å². The second-order valence-corrected chi connectivity index (χ2v) is 7.29. The maximum Gasteiger partial charge on any atom is 0.223 e. The molecule has 2 N–H and O–H groups in total. The molecule has 1 aliphatic heterocycles. The number of hydrogen-bond acceptors (Lipinski definition) is 3. The first-order valence-corrected chi connectivity index (χ1v) is 9.52. The van der Waals surface area contributed by atoms with Crippen LogP contribution in [0.15, 0.2) is 48.5 Å². The first-order chi connectivity index (χ1) is 13.0. The van der Waals surface area contributed by atoms with Gasteiger partial charge >= 0.3 is 0 Å². The topological polar surface area (TPSA) is 50.4 Å². The molecule has 0 aliphatic carbocycles. The molecule has 28 heavy (non-hydrogen) atoms. The molecule has 3 atom stereocenters. The third-order valence-electron chi connectivity index (χ3n) is 5.05. The van der Waals surface area contributed by atoms with E-state index in [0.717, 1.165) is 36.3 Å². The lowest BCUT2D eigenvalue weighted by Gasteiger charge is -2.28. The van der Waals surface area contributed by atoms with Crippen LogP contribution in [0.25, 0.3) is 0 Å². The summed E-state index contributed by atoms with van der Waals surface area (Å²) in [4.78, 5) is 12.5. The highest BCUT2D eigenvalue weighted by molar-refractivity contribution is 5.85. The van der Waals surface area contributed by atoms with Gasteiger partial charge in [-0.2, -0.15) is 0 Å². The normalized spacial score (nSPS) is 20.0. The Balaban J connectivity index is 0.00000280. The molecule has 1 aliphatic rings. The van der Waals surface area contributed by atoms with Crippen molar-refractivity contribution in [2.45, 2.75) is 45.4 Å². The predicted molar refractivity (Wildman–Crippen MR) is 111 cm³/mol. The van der Waals surface area contributed by atoms with Crippen LogP contribution in [0.4, 0.5) is 4.39 Å². The maximum atomic E-state index is 12.9. The van der Waals surface area contributed by atoms with Gasteiger partial charge < -0.3 is 15.4 Å². The van der Waals surface area contributed by atoms with Gasteiger partial charge in [0, 0.05) is 12.0 Å². The van der Waals surface area contributed by atoms with Crippen LogP contribution in [0.5, 0.6) is 5.75 Å². The van der Waals surface area contributed by atoms with Crippen molar-refractivity contribution in [1.82, 2.24) is 10.6 Å². The zero-order chi connectivity index (χ0) is 19.2. The van der Waals surface area contributed by atoms with E-state index in [2.05, 4.69) is 17.6 Å². The Kier molecular flexibility index (Phi) is 8.27. The minimum atomic E-state index is -0.252. The summed E-state index contributed by atoms with van der Waals surface area (Å²) in [5, 5.41) is 6.50. The van der Waals surface area contributed by atoms with Crippen LogP contribution < -0.4 is 15.4 Å². The summed E-state index contributed by atoms with van der Waals surface area (Å²) in [6.07, 6.45) is 1.77. The summed E-state index contributed by atoms with van der Waals surface area (Å²) in [7, 11) is 0. The van der Waals surface area contributed by atoms with Crippen LogP contribution in [-0.4, -0.2) is 18.5 Å². The molecule has 2 aromatic rings. The number of ether oxygens (including phenoxy) is 1. The van der Waals surface area contributed by atoms with E-state index in [-0.39, 0.29) is 36.1 Å². The number of hydrogen-bond donors (Lipinski definition) is 2. The highest BCUT2D eigenvalue weighted by Gasteiger charge is 2.25. The largest absolute Gasteiger partial charge is 0.489 e. The second-order valence-electron chi connectivity index (χ2n) is 7.29. The Morgan fingerprint density at radius 2 is 1.89 bits per heavy atom. The molecule has 0 radical (unpaired) electrons. The van der Waals surface area contributed by atoms with Gasteiger partial charge in [-0.3, -0.25) is 4.79 Å². The molecule has 0 saturated carbocycles. The lowest BCUT2D eigenvalue weighted by Crippen LogP contribution is -2.42. The Hall–Kier alpha value is -2.11. The van der Waals surface area contributed by atoms with Crippen molar-refractivity contribution in [2.75, 3.05) is 6.54 Å². The van der Waals surface area contributed by atoms with E-state index in [1.54, 1.807) is 12.1 Å². The Bertz CT molecular complexity index is 752. The highest BCUT2D eigenvalue weighted by atomic mass is 35.5. The minimum Gasteiger partial charge on any atom is -0.489 e. The molecule has 0 aromatic heterocycles. The molecular formula is C22H28ClFN2O2. The molecule has 1 fully saturated rings. The van der Waals surface area contributed by atoms with E-state index in [1.807, 2.05) is 31.2 Å². The highest BCUT2D eigenvalue weighted by Crippen LogP contribution is 2.21. The summed E-state index contributed by atoms with van der Waals surface area (Å²) >= 11 is 0. The van der Waals surface area contributed by atoms with E-state index in [4.69, 9.17) is 4.74 Å². The fourth-order valence-corrected chi connectivity index (χ4v) is 3.38. The van der Waals surface area contributed by atoms with E-state index in [1.165, 1.54) is 12.1 Å². The number of carbonyl (C=O) groups excluding carboxylic acids is 1. The predicted octanol–water partition coefficient (Wildman–Crippen LogP) is 4.39. The van der Waals surface area contributed by atoms with Gasteiger partial charge in [-0.1, -0.05) is 24.3 Å². The van der Waals surface area contributed by atoms with Gasteiger partial charge in [0.15, 0.2) is 0 Å². The van der Waals surface area contributed by atoms with Crippen LogP contribution in [0.1, 0.15) is 43.9 Å². The summed E-state index contributed by atoms with van der Waals surface area (Å²) in [5.41, 5.74) is 1.96. The monoisotopic (exact) mass is 406 g/mol. The minimum absolute atomic E-state index is 0. The van der Waals surface area contributed by atoms with Crippen LogP contribution in [0.3, 0.4) is 0 Å². The lowest BCUT2D eigenvalue weighted by molar-refractivity contribution is -0.126. The van der Waals surface area contributed by atoms with Crippen molar-refractivity contribution in [2.24, 2.45) is 5.92 Å².